The standard InChI is InChI=1S/C29H26FN3O2S/c30-22-10-8-19(9-11-22)18-4-6-20(7-5-18)26-27(24-2-1-3-25-23(24)12-15-31-25)36-29(32-26)33-16-13-21(14-17-33)28(34)35/h1-12,15,21,28,31,34-35H,13-14,16-17H2. The normalized spacial score (nSPS) is 14.7. The summed E-state index contributed by atoms with van der Waals surface area (Å²) in [6.45, 7) is 1.49. The van der Waals surface area contributed by atoms with Crippen LogP contribution in [0.15, 0.2) is 79.0 Å². The molecule has 0 bridgehead atoms. The van der Waals surface area contributed by atoms with Crippen molar-refractivity contribution in [2.75, 3.05) is 18.0 Å². The number of H-pyrrole nitrogens is 1. The molecule has 36 heavy (non-hydrogen) atoms. The molecule has 3 heterocycles. The quantitative estimate of drug-likeness (QED) is 0.249. The Morgan fingerprint density at radius 3 is 2.25 bits per heavy atom. The predicted molar refractivity (Wildman–Crippen MR) is 143 cm³/mol. The lowest BCUT2D eigenvalue weighted by atomic mass is 9.97. The number of fused-ring (bicyclic) bond motifs is 1. The van der Waals surface area contributed by atoms with Gasteiger partial charge in [-0.25, -0.2) is 9.37 Å². The second-order valence-corrected chi connectivity index (χ2v) is 10.2. The minimum atomic E-state index is -1.26. The van der Waals surface area contributed by atoms with Crippen LogP contribution >= 0.6 is 11.3 Å². The van der Waals surface area contributed by atoms with Crippen LogP contribution in [0.2, 0.25) is 0 Å². The van der Waals surface area contributed by atoms with Gasteiger partial charge in [0.1, 0.15) is 5.82 Å². The third-order valence-corrected chi connectivity index (χ3v) is 8.17. The van der Waals surface area contributed by atoms with Crippen LogP contribution in [0.5, 0.6) is 0 Å². The van der Waals surface area contributed by atoms with Gasteiger partial charge in [0.25, 0.3) is 0 Å². The van der Waals surface area contributed by atoms with Crippen LogP contribution in [0.4, 0.5) is 9.52 Å². The molecule has 0 aliphatic carbocycles. The zero-order chi connectivity index (χ0) is 24.6. The molecule has 1 fully saturated rings. The molecule has 1 saturated heterocycles. The molecule has 7 heteroatoms. The molecule has 0 atom stereocenters. The van der Waals surface area contributed by atoms with Crippen LogP contribution in [0.1, 0.15) is 12.8 Å². The van der Waals surface area contributed by atoms with Crippen molar-refractivity contribution in [2.24, 2.45) is 5.92 Å². The van der Waals surface area contributed by atoms with Crippen LogP contribution in [0.25, 0.3) is 43.7 Å². The summed E-state index contributed by atoms with van der Waals surface area (Å²) in [5.74, 6) is -0.334. The molecule has 182 valence electrons. The van der Waals surface area contributed by atoms with Crippen molar-refractivity contribution in [1.29, 1.82) is 0 Å². The number of piperidine rings is 1. The first kappa shape index (κ1) is 22.9. The number of aliphatic hydroxyl groups excluding tert-OH is 1. The Balaban J connectivity index is 1.40. The molecule has 5 nitrogen and oxygen atoms in total. The van der Waals surface area contributed by atoms with Crippen molar-refractivity contribution in [3.8, 4) is 32.8 Å². The van der Waals surface area contributed by atoms with Gasteiger partial charge in [0, 0.05) is 47.2 Å². The average molecular weight is 500 g/mol. The number of benzene rings is 3. The lowest BCUT2D eigenvalue weighted by Gasteiger charge is -2.32. The highest BCUT2D eigenvalue weighted by molar-refractivity contribution is 7.19. The van der Waals surface area contributed by atoms with Crippen molar-refractivity contribution in [1.82, 2.24) is 9.97 Å². The Kier molecular flexibility index (Phi) is 6.05. The Bertz CT molecular complexity index is 1480. The number of rotatable bonds is 5. The fourth-order valence-corrected chi connectivity index (χ4v) is 6.14. The van der Waals surface area contributed by atoms with Gasteiger partial charge in [-0.05, 0) is 48.2 Å². The lowest BCUT2D eigenvalue weighted by molar-refractivity contribution is -0.0893. The van der Waals surface area contributed by atoms with E-state index in [4.69, 9.17) is 4.98 Å². The summed E-state index contributed by atoms with van der Waals surface area (Å²) >= 11 is 1.68. The average Bonchev–Trinajstić information content (AvgIpc) is 3.57. The maximum atomic E-state index is 13.4. The van der Waals surface area contributed by atoms with Crippen molar-refractivity contribution < 1.29 is 14.6 Å². The van der Waals surface area contributed by atoms with Gasteiger partial charge in [-0.1, -0.05) is 59.9 Å². The van der Waals surface area contributed by atoms with E-state index in [0.717, 1.165) is 74.8 Å². The third kappa shape index (κ3) is 4.30. The van der Waals surface area contributed by atoms with E-state index in [1.54, 1.807) is 23.5 Å². The van der Waals surface area contributed by atoms with Gasteiger partial charge in [0.05, 0.1) is 10.6 Å². The molecule has 0 amide bonds. The smallest absolute Gasteiger partial charge is 0.186 e. The maximum Gasteiger partial charge on any atom is 0.186 e. The van der Waals surface area contributed by atoms with Crippen molar-refractivity contribution in [3.05, 3.63) is 84.8 Å². The summed E-state index contributed by atoms with van der Waals surface area (Å²) in [5.41, 5.74) is 6.15. The molecule has 0 unspecified atom stereocenters. The molecule has 2 aromatic heterocycles. The monoisotopic (exact) mass is 499 g/mol. The molecule has 3 aromatic carbocycles. The first-order valence-electron chi connectivity index (χ1n) is 12.1. The molecular formula is C29H26FN3O2S. The lowest BCUT2D eigenvalue weighted by Crippen LogP contribution is -2.37. The molecule has 3 N–H and O–H groups in total. The number of nitrogens with one attached hydrogen (secondary N) is 1. The number of anilines is 1. The Labute approximate surface area is 212 Å². The third-order valence-electron chi connectivity index (χ3n) is 7.02. The number of nitrogens with zero attached hydrogens (tertiary/aromatic N) is 2. The van der Waals surface area contributed by atoms with E-state index in [2.05, 4.69) is 58.4 Å². The van der Waals surface area contributed by atoms with Crippen molar-refractivity contribution >= 4 is 27.4 Å². The Morgan fingerprint density at radius 2 is 1.56 bits per heavy atom. The SMILES string of the molecule is OC(O)C1CCN(c2nc(-c3ccc(-c4ccc(F)cc4)cc3)c(-c3cccc4[nH]ccc34)s2)CC1. The zero-order valence-electron chi connectivity index (χ0n) is 19.6. The van der Waals surface area contributed by atoms with Crippen LogP contribution < -0.4 is 4.90 Å². The van der Waals surface area contributed by atoms with Gasteiger partial charge in [-0.15, -0.1) is 0 Å². The first-order valence-corrected chi connectivity index (χ1v) is 12.9. The van der Waals surface area contributed by atoms with E-state index in [9.17, 15) is 14.6 Å². The molecule has 0 spiro atoms. The zero-order valence-corrected chi connectivity index (χ0v) is 20.4. The molecule has 0 radical (unpaired) electrons. The van der Waals surface area contributed by atoms with Gasteiger partial charge in [0.15, 0.2) is 11.4 Å². The summed E-state index contributed by atoms with van der Waals surface area (Å²) in [5, 5.41) is 21.3. The number of hydrogen-bond acceptors (Lipinski definition) is 5. The Hall–Kier alpha value is -3.52. The number of hydrogen-bond donors (Lipinski definition) is 3. The topological polar surface area (TPSA) is 72.4 Å². The first-order chi connectivity index (χ1) is 17.6. The number of thiazole rings is 1. The van der Waals surface area contributed by atoms with E-state index in [-0.39, 0.29) is 11.7 Å². The molecular weight excluding hydrogens is 473 g/mol. The molecule has 1 aliphatic rings. The minimum Gasteiger partial charge on any atom is -0.368 e. The highest BCUT2D eigenvalue weighted by atomic mass is 32.1. The summed E-state index contributed by atoms with van der Waals surface area (Å²) in [6.07, 6.45) is 2.14. The van der Waals surface area contributed by atoms with E-state index < -0.39 is 6.29 Å². The van der Waals surface area contributed by atoms with E-state index in [1.165, 1.54) is 12.1 Å². The molecule has 5 aromatic rings. The molecule has 6 rings (SSSR count). The van der Waals surface area contributed by atoms with Crippen molar-refractivity contribution in [3.63, 3.8) is 0 Å². The summed E-state index contributed by atoms with van der Waals surface area (Å²) in [7, 11) is 0. The number of aromatic amines is 1. The predicted octanol–water partition coefficient (Wildman–Crippen LogP) is 6.29. The fourth-order valence-electron chi connectivity index (χ4n) is 4.96. The fraction of sp³-hybridized carbons (Fsp3) is 0.207. The highest BCUT2D eigenvalue weighted by Gasteiger charge is 2.27. The van der Waals surface area contributed by atoms with Gasteiger partial charge in [0.2, 0.25) is 0 Å². The van der Waals surface area contributed by atoms with Gasteiger partial charge < -0.3 is 20.1 Å². The van der Waals surface area contributed by atoms with Crippen LogP contribution in [0.3, 0.4) is 0 Å². The summed E-state index contributed by atoms with van der Waals surface area (Å²) < 4.78 is 13.4. The van der Waals surface area contributed by atoms with E-state index in [1.807, 2.05) is 6.20 Å². The van der Waals surface area contributed by atoms with Crippen LogP contribution in [0, 0.1) is 11.7 Å². The van der Waals surface area contributed by atoms with Crippen molar-refractivity contribution in [2.45, 2.75) is 19.1 Å². The van der Waals surface area contributed by atoms with Gasteiger partial charge >= 0.3 is 0 Å². The number of halogens is 1. The highest BCUT2D eigenvalue weighted by Crippen LogP contribution is 2.44. The number of aliphatic hydroxyl groups is 2. The van der Waals surface area contributed by atoms with E-state index >= 15 is 0 Å². The van der Waals surface area contributed by atoms with Crippen LogP contribution in [-0.4, -0.2) is 39.6 Å². The Morgan fingerprint density at radius 1 is 0.889 bits per heavy atom. The largest absolute Gasteiger partial charge is 0.368 e. The maximum absolute atomic E-state index is 13.4. The van der Waals surface area contributed by atoms with Gasteiger partial charge in [-0.3, -0.25) is 0 Å². The number of aromatic nitrogens is 2. The van der Waals surface area contributed by atoms with Gasteiger partial charge in [-0.2, -0.15) is 0 Å². The second-order valence-electron chi connectivity index (χ2n) is 9.24. The second kappa shape index (κ2) is 9.50. The summed E-state index contributed by atoms with van der Waals surface area (Å²) in [6, 6.07) is 23.2. The van der Waals surface area contributed by atoms with E-state index in [0.29, 0.717) is 0 Å². The molecule has 1 aliphatic heterocycles. The molecule has 0 saturated carbocycles. The van der Waals surface area contributed by atoms with Crippen LogP contribution in [-0.2, 0) is 0 Å². The minimum absolute atomic E-state index is 0.0900. The summed E-state index contributed by atoms with van der Waals surface area (Å²) in [4.78, 5) is 11.8.